The third kappa shape index (κ3) is 10.1. The maximum atomic E-state index is 14.6. The van der Waals surface area contributed by atoms with Crippen LogP contribution in [0.15, 0.2) is 92.2 Å². The van der Waals surface area contributed by atoms with E-state index in [1.807, 2.05) is 0 Å². The molecule has 0 aliphatic rings. The molecule has 6 aromatic rings. The fourth-order valence-electron chi connectivity index (χ4n) is 5.23. The summed E-state index contributed by atoms with van der Waals surface area (Å²) in [6.07, 6.45) is 2.82. The van der Waals surface area contributed by atoms with Crippen molar-refractivity contribution in [3.63, 3.8) is 0 Å². The Morgan fingerprint density at radius 2 is 1.08 bits per heavy atom. The number of anilines is 1. The van der Waals surface area contributed by atoms with E-state index in [0.717, 1.165) is 24.3 Å². The summed E-state index contributed by atoms with van der Waals surface area (Å²) in [6, 6.07) is 12.6. The van der Waals surface area contributed by atoms with E-state index in [0.29, 0.717) is 20.5 Å². The molecule has 2 aromatic carbocycles. The molecule has 0 radical (unpaired) electrons. The minimum atomic E-state index is -0.895. The maximum absolute atomic E-state index is 14.6. The molecule has 0 spiro atoms. The van der Waals surface area contributed by atoms with E-state index in [9.17, 15) is 37.5 Å². The van der Waals surface area contributed by atoms with Gasteiger partial charge in [0.25, 0.3) is 22.9 Å². The smallest absolute Gasteiger partial charge is 0.343 e. The van der Waals surface area contributed by atoms with Crippen LogP contribution in [0.3, 0.4) is 0 Å². The molecular formula is C40H36ClF2N7O12. The van der Waals surface area contributed by atoms with Gasteiger partial charge in [0.2, 0.25) is 0 Å². The number of ether oxygens (including phenoxy) is 6. The zero-order valence-electron chi connectivity index (χ0n) is 33.6. The van der Waals surface area contributed by atoms with Crippen LogP contribution < -0.4 is 47.2 Å². The highest BCUT2D eigenvalue weighted by Gasteiger charge is 2.20. The molecule has 4 heterocycles. The number of carbonyl (C=O) groups is 2. The molecular weight excluding hydrogens is 844 g/mol. The number of rotatable bonds is 12. The van der Waals surface area contributed by atoms with Gasteiger partial charge in [-0.05, 0) is 44.2 Å². The predicted molar refractivity (Wildman–Crippen MR) is 217 cm³/mol. The third-order valence-corrected chi connectivity index (χ3v) is 9.00. The summed E-state index contributed by atoms with van der Waals surface area (Å²) in [5.74, 6) is -3.11. The van der Waals surface area contributed by atoms with Gasteiger partial charge in [0, 0.05) is 68.2 Å². The van der Waals surface area contributed by atoms with Crippen molar-refractivity contribution in [2.45, 2.75) is 13.8 Å². The number of pyridine rings is 2. The van der Waals surface area contributed by atoms with Crippen LogP contribution in [0.2, 0.25) is 5.02 Å². The van der Waals surface area contributed by atoms with Crippen LogP contribution >= 0.6 is 11.6 Å². The first-order valence-electron chi connectivity index (χ1n) is 17.8. The molecule has 62 heavy (non-hydrogen) atoms. The fourth-order valence-corrected chi connectivity index (χ4v) is 5.42. The van der Waals surface area contributed by atoms with E-state index in [-0.39, 0.29) is 56.8 Å². The number of esters is 2. The van der Waals surface area contributed by atoms with Gasteiger partial charge in [-0.1, -0.05) is 11.6 Å². The van der Waals surface area contributed by atoms with Crippen molar-refractivity contribution in [2.24, 2.45) is 14.1 Å². The lowest BCUT2D eigenvalue weighted by atomic mass is 10.2. The predicted octanol–water partition coefficient (Wildman–Crippen LogP) is 3.68. The minimum absolute atomic E-state index is 0.0402. The second-order valence-electron chi connectivity index (χ2n) is 12.7. The monoisotopic (exact) mass is 879 g/mol. The number of nitrogens with zero attached hydrogens (tertiary/aromatic N) is 6. The van der Waals surface area contributed by atoms with E-state index in [1.165, 1.54) is 74.1 Å². The first-order chi connectivity index (χ1) is 29.4. The molecule has 2 N–H and O–H groups in total. The van der Waals surface area contributed by atoms with Gasteiger partial charge in [-0.3, -0.25) is 9.59 Å². The summed E-state index contributed by atoms with van der Waals surface area (Å²) >= 11 is 6.11. The zero-order chi connectivity index (χ0) is 45.4. The van der Waals surface area contributed by atoms with Gasteiger partial charge in [0.1, 0.15) is 17.4 Å². The van der Waals surface area contributed by atoms with Gasteiger partial charge in [-0.15, -0.1) is 0 Å². The van der Waals surface area contributed by atoms with E-state index in [4.69, 9.17) is 36.3 Å². The van der Waals surface area contributed by atoms with Crippen molar-refractivity contribution in [3.05, 3.63) is 143 Å². The topological polar surface area (TPSA) is 229 Å². The Bertz CT molecular complexity index is 2740. The highest BCUT2D eigenvalue weighted by Crippen LogP contribution is 2.37. The summed E-state index contributed by atoms with van der Waals surface area (Å²) in [4.78, 5) is 80.5. The number of aryl methyl sites for hydroxylation is 2. The van der Waals surface area contributed by atoms with Crippen molar-refractivity contribution in [2.75, 3.05) is 33.2 Å². The van der Waals surface area contributed by atoms with Crippen LogP contribution in [-0.2, 0) is 33.2 Å². The number of methoxy groups -OCH3 is 2. The summed E-state index contributed by atoms with van der Waals surface area (Å²) in [7, 11) is 5.33. The lowest BCUT2D eigenvalue weighted by Crippen LogP contribution is -2.38. The summed E-state index contributed by atoms with van der Waals surface area (Å²) in [5.41, 5.74) is 3.04. The van der Waals surface area contributed by atoms with Gasteiger partial charge in [-0.25, -0.2) is 47.1 Å². The molecule has 0 unspecified atom stereocenters. The van der Waals surface area contributed by atoms with E-state index < -0.39 is 59.3 Å². The van der Waals surface area contributed by atoms with Crippen LogP contribution in [-0.4, -0.2) is 67.6 Å². The first kappa shape index (κ1) is 45.3. The number of hydrogen-bond donors (Lipinski definition) is 1. The maximum Gasteiger partial charge on any atom is 0.343 e. The standard InChI is InChI=1S/C20H17ClFN3O6.C20H19FN4O6/c1-11-7-17(26)25(20(28)24(11)2)14-9-16(12(21)8-13(14)22)31-15-5-4-6-23-19(15)30-10-18(27)29-3;1-11-7-17(26)25(20(28)24(11)2)14-9-16(13(22)8-12(14)21)31-15-5-4-6-23-19(15)30-10-18(27)29-3/h4-9H,10H2,1-3H3;4-9H,10,22H2,1-3H3. The molecule has 324 valence electrons. The van der Waals surface area contributed by atoms with Crippen molar-refractivity contribution < 1.29 is 46.8 Å². The molecule has 0 fully saturated rings. The van der Waals surface area contributed by atoms with Crippen LogP contribution in [0.4, 0.5) is 14.5 Å². The van der Waals surface area contributed by atoms with Crippen LogP contribution in [0.5, 0.6) is 34.8 Å². The van der Waals surface area contributed by atoms with Gasteiger partial charge < -0.3 is 43.3 Å². The average Bonchev–Trinajstić information content (AvgIpc) is 3.24. The average molecular weight is 880 g/mol. The fraction of sp³-hybridized carbons (Fsp3) is 0.200. The second kappa shape index (κ2) is 19.5. The van der Waals surface area contributed by atoms with Crippen molar-refractivity contribution in [3.8, 4) is 46.1 Å². The van der Waals surface area contributed by atoms with Gasteiger partial charge >= 0.3 is 23.3 Å². The number of nitrogens with two attached hydrogens (primary N) is 1. The first-order valence-corrected chi connectivity index (χ1v) is 18.2. The molecule has 4 aromatic heterocycles. The zero-order valence-corrected chi connectivity index (χ0v) is 34.4. The highest BCUT2D eigenvalue weighted by atomic mass is 35.5. The number of nitrogen functional groups attached to an aromatic ring is 1. The summed E-state index contributed by atoms with van der Waals surface area (Å²) in [5, 5.41) is -0.124. The van der Waals surface area contributed by atoms with Crippen molar-refractivity contribution in [1.82, 2.24) is 28.2 Å². The quantitative estimate of drug-likeness (QED) is 0.137. The Balaban J connectivity index is 0.000000234. The normalized spacial score (nSPS) is 10.6. The lowest BCUT2D eigenvalue weighted by molar-refractivity contribution is -0.143. The van der Waals surface area contributed by atoms with Crippen LogP contribution in [0, 0.1) is 25.5 Å². The van der Waals surface area contributed by atoms with Gasteiger partial charge in [-0.2, -0.15) is 0 Å². The van der Waals surface area contributed by atoms with E-state index in [2.05, 4.69) is 19.4 Å². The van der Waals surface area contributed by atoms with Gasteiger partial charge in [0.05, 0.1) is 36.3 Å². The van der Waals surface area contributed by atoms with Gasteiger partial charge in [0.15, 0.2) is 30.5 Å². The SMILES string of the molecule is COC(=O)COc1ncccc1Oc1cc(-n2c(=O)cc(C)n(C)c2=O)c(F)cc1Cl.COC(=O)COc1ncccc1Oc1cc(-n2c(=O)cc(C)n(C)c2=O)c(F)cc1N. The molecule has 0 atom stereocenters. The molecule has 22 heteroatoms. The highest BCUT2D eigenvalue weighted by molar-refractivity contribution is 6.32. The third-order valence-electron chi connectivity index (χ3n) is 8.70. The van der Waals surface area contributed by atoms with Crippen molar-refractivity contribution >= 4 is 29.2 Å². The molecule has 0 amide bonds. The molecule has 0 aliphatic heterocycles. The Morgan fingerprint density at radius 3 is 1.53 bits per heavy atom. The minimum Gasteiger partial charge on any atom is -0.466 e. The Morgan fingerprint density at radius 1 is 0.661 bits per heavy atom. The Labute approximate surface area is 353 Å². The molecule has 0 aliphatic carbocycles. The number of aromatic nitrogens is 6. The molecule has 0 saturated heterocycles. The molecule has 0 bridgehead atoms. The van der Waals surface area contributed by atoms with E-state index >= 15 is 0 Å². The Kier molecular flexibility index (Phi) is 14.2. The molecule has 6 rings (SSSR count). The summed E-state index contributed by atoms with van der Waals surface area (Å²) < 4.78 is 64.0. The van der Waals surface area contributed by atoms with Crippen LogP contribution in [0.1, 0.15) is 11.4 Å². The van der Waals surface area contributed by atoms with Crippen molar-refractivity contribution in [1.29, 1.82) is 0 Å². The second-order valence-corrected chi connectivity index (χ2v) is 13.1. The number of benzene rings is 2. The van der Waals surface area contributed by atoms with Crippen LogP contribution in [0.25, 0.3) is 11.4 Å². The molecule has 19 nitrogen and oxygen atoms in total. The summed E-state index contributed by atoms with van der Waals surface area (Å²) in [6.45, 7) is 2.33. The number of halogens is 3. The largest absolute Gasteiger partial charge is 0.466 e. The number of hydrogen-bond acceptors (Lipinski definition) is 15. The Hall–Kier alpha value is -7.81. The lowest BCUT2D eigenvalue weighted by Gasteiger charge is -2.15. The number of carbonyl (C=O) groups excluding carboxylic acids is 2. The van der Waals surface area contributed by atoms with E-state index in [1.54, 1.807) is 26.0 Å². The molecule has 0 saturated carbocycles.